The zero-order valence-electron chi connectivity index (χ0n) is 11.2. The quantitative estimate of drug-likeness (QED) is 0.861. The van der Waals surface area contributed by atoms with Crippen molar-refractivity contribution in [3.63, 3.8) is 0 Å². The highest BCUT2D eigenvalue weighted by Crippen LogP contribution is 2.38. The van der Waals surface area contributed by atoms with E-state index in [9.17, 15) is 5.11 Å². The topological polar surface area (TPSA) is 76.5 Å². The molecule has 6 heteroatoms. The van der Waals surface area contributed by atoms with Crippen LogP contribution >= 0.6 is 0 Å². The van der Waals surface area contributed by atoms with Crippen LogP contribution in [0.4, 0.5) is 5.82 Å². The molecule has 0 radical (unpaired) electrons. The Morgan fingerprint density at radius 1 is 1.21 bits per heavy atom. The lowest BCUT2D eigenvalue weighted by atomic mass is 10.2. The van der Waals surface area contributed by atoms with Gasteiger partial charge < -0.3 is 19.9 Å². The third-order valence-electron chi connectivity index (χ3n) is 2.74. The molecule has 0 spiro atoms. The van der Waals surface area contributed by atoms with Gasteiger partial charge >= 0.3 is 6.01 Å². The number of hydrogen-bond donors (Lipinski definition) is 2. The van der Waals surface area contributed by atoms with Crippen molar-refractivity contribution in [2.45, 2.75) is 13.3 Å². The smallest absolute Gasteiger partial charge is 0.316 e. The third kappa shape index (κ3) is 2.47. The average molecular weight is 263 g/mol. The highest BCUT2D eigenvalue weighted by atomic mass is 16.5. The molecule has 0 aliphatic heterocycles. The largest absolute Gasteiger partial charge is 0.493 e. The molecule has 19 heavy (non-hydrogen) atoms. The number of nitrogens with zero attached hydrogens (tertiary/aromatic N) is 2. The number of ether oxygens (including phenoxy) is 2. The van der Waals surface area contributed by atoms with Gasteiger partial charge in [-0.05, 0) is 18.6 Å². The molecular formula is C13H17N3O3. The lowest BCUT2D eigenvalue weighted by Crippen LogP contribution is -2.04. The molecule has 0 bridgehead atoms. The highest BCUT2D eigenvalue weighted by molar-refractivity contribution is 5.96. The van der Waals surface area contributed by atoms with E-state index in [0.717, 1.165) is 13.0 Å². The molecular weight excluding hydrogens is 246 g/mol. The summed E-state index contributed by atoms with van der Waals surface area (Å²) in [6, 6.07) is 3.24. The predicted octanol–water partition coefficient (Wildman–Crippen LogP) is 2.17. The second-order valence-corrected chi connectivity index (χ2v) is 3.99. The van der Waals surface area contributed by atoms with Gasteiger partial charge in [0.05, 0.1) is 25.1 Å². The van der Waals surface area contributed by atoms with Crippen LogP contribution in [0.25, 0.3) is 10.9 Å². The van der Waals surface area contributed by atoms with Crippen molar-refractivity contribution >= 4 is 16.7 Å². The number of hydrogen-bond acceptors (Lipinski definition) is 6. The summed E-state index contributed by atoms with van der Waals surface area (Å²) >= 11 is 0. The van der Waals surface area contributed by atoms with Gasteiger partial charge in [0.2, 0.25) is 0 Å². The Morgan fingerprint density at radius 3 is 2.63 bits per heavy atom. The van der Waals surface area contributed by atoms with Gasteiger partial charge in [-0.2, -0.15) is 9.97 Å². The van der Waals surface area contributed by atoms with E-state index in [4.69, 9.17) is 9.47 Å². The molecule has 1 aromatic carbocycles. The Bertz CT molecular complexity index is 587. The maximum absolute atomic E-state index is 9.57. The van der Waals surface area contributed by atoms with Gasteiger partial charge in [-0.3, -0.25) is 0 Å². The Balaban J connectivity index is 2.69. The second-order valence-electron chi connectivity index (χ2n) is 3.99. The summed E-state index contributed by atoms with van der Waals surface area (Å²) in [5, 5.41) is 13.4. The fraction of sp³-hybridized carbons (Fsp3) is 0.385. The zero-order chi connectivity index (χ0) is 13.8. The van der Waals surface area contributed by atoms with Crippen molar-refractivity contribution in [2.24, 2.45) is 0 Å². The van der Waals surface area contributed by atoms with Crippen LogP contribution in [-0.4, -0.2) is 35.8 Å². The van der Waals surface area contributed by atoms with Gasteiger partial charge in [-0.25, -0.2) is 0 Å². The maximum atomic E-state index is 9.57. The number of anilines is 1. The van der Waals surface area contributed by atoms with Crippen LogP contribution in [0.2, 0.25) is 0 Å². The van der Waals surface area contributed by atoms with E-state index >= 15 is 0 Å². The van der Waals surface area contributed by atoms with Crippen molar-refractivity contribution in [3.05, 3.63) is 12.1 Å². The summed E-state index contributed by atoms with van der Waals surface area (Å²) < 4.78 is 10.6. The summed E-state index contributed by atoms with van der Waals surface area (Å²) in [6.07, 6.45) is 0.943. The highest BCUT2D eigenvalue weighted by Gasteiger charge is 2.16. The number of rotatable bonds is 5. The Morgan fingerprint density at radius 2 is 2.00 bits per heavy atom. The van der Waals surface area contributed by atoms with Crippen molar-refractivity contribution < 1.29 is 14.6 Å². The van der Waals surface area contributed by atoms with E-state index in [0.29, 0.717) is 28.2 Å². The first-order valence-corrected chi connectivity index (χ1v) is 6.06. The maximum Gasteiger partial charge on any atom is 0.316 e. The second kappa shape index (κ2) is 5.60. The molecule has 0 aliphatic carbocycles. The van der Waals surface area contributed by atoms with Gasteiger partial charge in [0.15, 0.2) is 11.5 Å². The Hall–Kier alpha value is -2.24. The van der Waals surface area contributed by atoms with Gasteiger partial charge in [-0.15, -0.1) is 0 Å². The molecule has 0 atom stereocenters. The van der Waals surface area contributed by atoms with Crippen LogP contribution in [0.15, 0.2) is 12.1 Å². The van der Waals surface area contributed by atoms with Crippen LogP contribution in [0.1, 0.15) is 13.3 Å². The van der Waals surface area contributed by atoms with Crippen LogP contribution in [0.5, 0.6) is 17.5 Å². The summed E-state index contributed by atoms with van der Waals surface area (Å²) in [4.78, 5) is 8.02. The standard InChI is InChI=1S/C13H17N3O3/c1-4-7-14-12-10-8(15-13(17)16-12)5-6-9(18-2)11(10)19-3/h5-6H,4,7H2,1-3H3,(H2,14,15,16,17). The van der Waals surface area contributed by atoms with Crippen molar-refractivity contribution in [1.29, 1.82) is 0 Å². The number of aromatic nitrogens is 2. The molecule has 1 heterocycles. The first-order valence-electron chi connectivity index (χ1n) is 6.06. The predicted molar refractivity (Wildman–Crippen MR) is 73.1 cm³/mol. The molecule has 102 valence electrons. The SMILES string of the molecule is CCCNc1nc(O)nc2ccc(OC)c(OC)c12. The average Bonchev–Trinajstić information content (AvgIpc) is 2.43. The summed E-state index contributed by atoms with van der Waals surface area (Å²) in [6.45, 7) is 2.79. The molecule has 2 N–H and O–H groups in total. The lowest BCUT2D eigenvalue weighted by molar-refractivity contribution is 0.358. The van der Waals surface area contributed by atoms with Gasteiger partial charge in [-0.1, -0.05) is 6.92 Å². The van der Waals surface area contributed by atoms with E-state index < -0.39 is 0 Å². The molecule has 2 rings (SSSR count). The number of nitrogens with one attached hydrogen (secondary N) is 1. The van der Waals surface area contributed by atoms with Crippen molar-refractivity contribution in [2.75, 3.05) is 26.1 Å². The van der Waals surface area contributed by atoms with Gasteiger partial charge in [0.25, 0.3) is 0 Å². The Labute approximate surface area is 111 Å². The number of fused-ring (bicyclic) bond motifs is 1. The van der Waals surface area contributed by atoms with E-state index in [1.807, 2.05) is 6.92 Å². The third-order valence-corrected chi connectivity index (χ3v) is 2.74. The lowest BCUT2D eigenvalue weighted by Gasteiger charge is -2.13. The molecule has 6 nitrogen and oxygen atoms in total. The zero-order valence-corrected chi connectivity index (χ0v) is 11.2. The van der Waals surface area contributed by atoms with E-state index in [1.54, 1.807) is 26.4 Å². The minimum Gasteiger partial charge on any atom is -0.493 e. The van der Waals surface area contributed by atoms with Gasteiger partial charge in [0.1, 0.15) is 5.82 Å². The number of benzene rings is 1. The Kier molecular flexibility index (Phi) is 3.89. The molecule has 1 aromatic heterocycles. The van der Waals surface area contributed by atoms with Crippen LogP contribution < -0.4 is 14.8 Å². The minimum atomic E-state index is -0.265. The van der Waals surface area contributed by atoms with Gasteiger partial charge in [0, 0.05) is 6.54 Å². The first kappa shape index (κ1) is 13.2. The molecule has 0 aliphatic rings. The van der Waals surface area contributed by atoms with Crippen molar-refractivity contribution in [1.82, 2.24) is 9.97 Å². The molecule has 0 fully saturated rings. The van der Waals surface area contributed by atoms with E-state index in [2.05, 4.69) is 15.3 Å². The van der Waals surface area contributed by atoms with Crippen LogP contribution in [0.3, 0.4) is 0 Å². The van der Waals surface area contributed by atoms with Crippen LogP contribution in [-0.2, 0) is 0 Å². The minimum absolute atomic E-state index is 0.265. The molecule has 2 aromatic rings. The van der Waals surface area contributed by atoms with E-state index in [-0.39, 0.29) is 6.01 Å². The summed E-state index contributed by atoms with van der Waals surface area (Å²) in [5.74, 6) is 1.70. The molecule has 0 unspecified atom stereocenters. The normalized spacial score (nSPS) is 10.5. The first-order chi connectivity index (χ1) is 9.21. The fourth-order valence-electron chi connectivity index (χ4n) is 1.90. The number of aromatic hydroxyl groups is 1. The molecule has 0 amide bonds. The summed E-state index contributed by atoms with van der Waals surface area (Å²) in [7, 11) is 3.14. The monoisotopic (exact) mass is 263 g/mol. The van der Waals surface area contributed by atoms with E-state index in [1.165, 1.54) is 0 Å². The van der Waals surface area contributed by atoms with Crippen LogP contribution in [0, 0.1) is 0 Å². The summed E-state index contributed by atoms with van der Waals surface area (Å²) in [5.41, 5.74) is 0.601. The molecule has 0 saturated heterocycles. The fourth-order valence-corrected chi connectivity index (χ4v) is 1.90. The molecule has 0 saturated carbocycles. The van der Waals surface area contributed by atoms with Crippen molar-refractivity contribution in [3.8, 4) is 17.5 Å². The number of methoxy groups -OCH3 is 2.